The van der Waals surface area contributed by atoms with Gasteiger partial charge in [-0.05, 0) is 53.6 Å². The van der Waals surface area contributed by atoms with E-state index in [-0.39, 0.29) is 11.5 Å². The number of nitrogens with zero attached hydrogens (tertiary/aromatic N) is 1. The molecule has 1 heterocycles. The number of carbonyl (C=O) groups is 1. The second-order valence-corrected chi connectivity index (χ2v) is 8.06. The fourth-order valence-electron chi connectivity index (χ4n) is 4.04. The lowest BCUT2D eigenvalue weighted by Gasteiger charge is -2.20. The van der Waals surface area contributed by atoms with Gasteiger partial charge in [-0.2, -0.15) is 5.10 Å². The summed E-state index contributed by atoms with van der Waals surface area (Å²) in [5, 5.41) is 7.14. The fraction of sp³-hybridized carbons (Fsp3) is 0.179. The van der Waals surface area contributed by atoms with Gasteiger partial charge in [0.05, 0.1) is 11.6 Å². The van der Waals surface area contributed by atoms with E-state index in [1.54, 1.807) is 12.1 Å². The van der Waals surface area contributed by atoms with E-state index in [0.717, 1.165) is 40.8 Å². The van der Waals surface area contributed by atoms with Gasteiger partial charge in [0.1, 0.15) is 0 Å². The third-order valence-electron chi connectivity index (χ3n) is 5.53. The highest BCUT2D eigenvalue weighted by atomic mass is 17.2. The van der Waals surface area contributed by atoms with E-state index in [0.29, 0.717) is 12.2 Å². The van der Waals surface area contributed by atoms with Crippen LogP contribution >= 0.6 is 0 Å². The summed E-state index contributed by atoms with van der Waals surface area (Å²) < 4.78 is 0. The van der Waals surface area contributed by atoms with Crippen LogP contribution in [-0.2, 0) is 22.5 Å². The summed E-state index contributed by atoms with van der Waals surface area (Å²) in [6, 6.07) is 29.5. The Morgan fingerprint density at radius 1 is 0.882 bits per heavy atom. The van der Waals surface area contributed by atoms with E-state index in [1.165, 1.54) is 6.92 Å². The van der Waals surface area contributed by atoms with Crippen LogP contribution in [0.3, 0.4) is 0 Å². The molecule has 172 valence electrons. The third-order valence-corrected chi connectivity index (χ3v) is 5.53. The van der Waals surface area contributed by atoms with Crippen molar-refractivity contribution in [1.82, 2.24) is 10.2 Å². The van der Waals surface area contributed by atoms with E-state index < -0.39 is 5.97 Å². The number of hydrogen-bond acceptors (Lipinski definition) is 5. The molecule has 0 spiro atoms. The van der Waals surface area contributed by atoms with Crippen molar-refractivity contribution in [2.75, 3.05) is 0 Å². The van der Waals surface area contributed by atoms with Crippen LogP contribution in [0.1, 0.15) is 47.2 Å². The van der Waals surface area contributed by atoms with Gasteiger partial charge in [-0.1, -0.05) is 72.8 Å². The van der Waals surface area contributed by atoms with Crippen molar-refractivity contribution < 1.29 is 14.6 Å². The predicted molar refractivity (Wildman–Crippen MR) is 130 cm³/mol. The molecule has 0 amide bonds. The molecule has 6 heteroatoms. The highest BCUT2D eigenvalue weighted by molar-refractivity contribution is 5.65. The maximum Gasteiger partial charge on any atom is 0.352 e. The molecule has 0 atom stereocenters. The van der Waals surface area contributed by atoms with Crippen molar-refractivity contribution in [3.05, 3.63) is 129 Å². The van der Waals surface area contributed by atoms with Crippen molar-refractivity contribution in [1.29, 1.82) is 0 Å². The second-order valence-electron chi connectivity index (χ2n) is 8.06. The van der Waals surface area contributed by atoms with Crippen LogP contribution in [0.2, 0.25) is 0 Å². The second kappa shape index (κ2) is 11.1. The number of H-pyrrole nitrogens is 1. The van der Waals surface area contributed by atoms with E-state index in [1.807, 2.05) is 54.6 Å². The zero-order valence-electron chi connectivity index (χ0n) is 18.9. The smallest absolute Gasteiger partial charge is 0.287 e. The van der Waals surface area contributed by atoms with Crippen LogP contribution in [0.5, 0.6) is 5.75 Å². The minimum Gasteiger partial charge on any atom is -0.287 e. The molecule has 0 aliphatic rings. The fourth-order valence-corrected chi connectivity index (χ4v) is 4.04. The summed E-state index contributed by atoms with van der Waals surface area (Å²) in [6.07, 6.45) is 2.27. The molecular formula is C28H26N2O4. The van der Waals surface area contributed by atoms with E-state index in [2.05, 4.69) is 39.4 Å². The zero-order valence-corrected chi connectivity index (χ0v) is 18.9. The van der Waals surface area contributed by atoms with E-state index in [4.69, 9.17) is 4.89 Å². The van der Waals surface area contributed by atoms with Crippen molar-refractivity contribution >= 4 is 5.97 Å². The molecular weight excluding hydrogens is 428 g/mol. The number of carbonyl (C=O) groups excluding carboxylic acids is 1. The van der Waals surface area contributed by atoms with Crippen LogP contribution in [0.15, 0.2) is 95.8 Å². The Balaban J connectivity index is 1.57. The van der Waals surface area contributed by atoms with Crippen molar-refractivity contribution in [3.63, 3.8) is 0 Å². The van der Waals surface area contributed by atoms with E-state index in [9.17, 15) is 9.59 Å². The highest BCUT2D eigenvalue weighted by Gasteiger charge is 2.21. The minimum absolute atomic E-state index is 0.0882. The highest BCUT2D eigenvalue weighted by Crippen LogP contribution is 2.32. The number of hydrogen-bond donors (Lipinski definition) is 1. The topological polar surface area (TPSA) is 81.3 Å². The Hall–Kier alpha value is -4.19. The number of benzene rings is 3. The molecule has 1 aromatic heterocycles. The van der Waals surface area contributed by atoms with Crippen LogP contribution in [0, 0.1) is 0 Å². The number of aromatic nitrogens is 2. The number of rotatable bonds is 9. The van der Waals surface area contributed by atoms with Crippen LogP contribution in [-0.4, -0.2) is 16.2 Å². The first kappa shape index (κ1) is 23.0. The summed E-state index contributed by atoms with van der Waals surface area (Å²) >= 11 is 0. The molecule has 0 aliphatic carbocycles. The first-order valence-corrected chi connectivity index (χ1v) is 11.2. The number of aryl methyl sites for hydroxylation is 2. The summed E-state index contributed by atoms with van der Waals surface area (Å²) in [6.45, 7) is 1.29. The van der Waals surface area contributed by atoms with Crippen molar-refractivity contribution in [3.8, 4) is 5.75 Å². The van der Waals surface area contributed by atoms with Crippen molar-refractivity contribution in [2.24, 2.45) is 0 Å². The van der Waals surface area contributed by atoms with Gasteiger partial charge in [-0.3, -0.25) is 14.6 Å². The average molecular weight is 455 g/mol. The first-order valence-electron chi connectivity index (χ1n) is 11.2. The van der Waals surface area contributed by atoms with Crippen LogP contribution in [0.25, 0.3) is 0 Å². The summed E-state index contributed by atoms with van der Waals surface area (Å²) in [5.41, 5.74) is 4.84. The Bertz CT molecular complexity index is 1250. The number of aromatic amines is 1. The molecule has 0 saturated heterocycles. The van der Waals surface area contributed by atoms with Gasteiger partial charge in [-0.15, -0.1) is 0 Å². The Morgan fingerprint density at radius 2 is 1.56 bits per heavy atom. The lowest BCUT2D eigenvalue weighted by atomic mass is 9.85. The molecule has 3 aromatic carbocycles. The standard InChI is InChI=1S/C28H26N2O4/c1-20(31)33-34-25-17-9-11-21(18-25)10-8-16-24-19-26(32)29-30-28(24)27(22-12-4-2-5-13-22)23-14-6-3-7-15-23/h2-7,9,11-15,17-19,27H,8,10,16H2,1H3,(H,29,32). The van der Waals surface area contributed by atoms with Gasteiger partial charge in [0, 0.05) is 13.0 Å². The quantitative estimate of drug-likeness (QED) is 0.285. The Kier molecular flexibility index (Phi) is 7.50. The Morgan fingerprint density at radius 3 is 2.21 bits per heavy atom. The normalized spacial score (nSPS) is 10.8. The maximum absolute atomic E-state index is 12.2. The third kappa shape index (κ3) is 5.98. The molecule has 0 radical (unpaired) electrons. The number of nitrogens with one attached hydrogen (secondary N) is 1. The predicted octanol–water partition coefficient (Wildman–Crippen LogP) is 4.98. The summed E-state index contributed by atoms with van der Waals surface area (Å²) in [5.74, 6) is -0.125. The average Bonchev–Trinajstić information content (AvgIpc) is 2.86. The molecule has 4 rings (SSSR count). The monoisotopic (exact) mass is 454 g/mol. The molecule has 0 saturated carbocycles. The summed E-state index contributed by atoms with van der Waals surface area (Å²) in [4.78, 5) is 32.8. The van der Waals surface area contributed by atoms with Gasteiger partial charge in [0.15, 0.2) is 5.75 Å². The minimum atomic E-state index is -0.508. The van der Waals surface area contributed by atoms with Gasteiger partial charge in [0.25, 0.3) is 5.56 Å². The van der Waals surface area contributed by atoms with Gasteiger partial charge in [-0.25, -0.2) is 9.89 Å². The molecule has 0 unspecified atom stereocenters. The largest absolute Gasteiger partial charge is 0.352 e. The SMILES string of the molecule is CC(=O)OOc1cccc(CCCc2cc(=O)[nH]nc2C(c2ccccc2)c2ccccc2)c1. The first-order chi connectivity index (χ1) is 16.6. The van der Waals surface area contributed by atoms with Crippen molar-refractivity contribution in [2.45, 2.75) is 32.1 Å². The zero-order chi connectivity index (χ0) is 23.8. The molecule has 4 aromatic rings. The molecule has 1 N–H and O–H groups in total. The van der Waals surface area contributed by atoms with Gasteiger partial charge in [0.2, 0.25) is 0 Å². The molecule has 0 aliphatic heterocycles. The van der Waals surface area contributed by atoms with Crippen LogP contribution in [0.4, 0.5) is 0 Å². The molecule has 34 heavy (non-hydrogen) atoms. The Labute approximate surface area is 198 Å². The molecule has 0 bridgehead atoms. The molecule has 6 nitrogen and oxygen atoms in total. The van der Waals surface area contributed by atoms with Gasteiger partial charge < -0.3 is 0 Å². The molecule has 0 fully saturated rings. The van der Waals surface area contributed by atoms with Crippen LogP contribution < -0.4 is 10.4 Å². The lowest BCUT2D eigenvalue weighted by molar-refractivity contribution is -0.210. The summed E-state index contributed by atoms with van der Waals surface area (Å²) in [7, 11) is 0. The van der Waals surface area contributed by atoms with E-state index >= 15 is 0 Å². The maximum atomic E-state index is 12.2. The van der Waals surface area contributed by atoms with Gasteiger partial charge >= 0.3 is 5.97 Å². The lowest BCUT2D eigenvalue weighted by Crippen LogP contribution is -2.17.